The molecule has 0 fully saturated rings. The van der Waals surface area contributed by atoms with Gasteiger partial charge in [-0.3, -0.25) is 14.4 Å². The molecule has 3 aromatic rings. The molecule has 7 nitrogen and oxygen atoms in total. The largest absolute Gasteiger partial charge is 0.466 e. The number of aromatic nitrogens is 1. The van der Waals surface area contributed by atoms with Crippen molar-refractivity contribution >= 4 is 40.7 Å². The molecule has 1 aliphatic carbocycles. The van der Waals surface area contributed by atoms with Crippen LogP contribution in [0.5, 0.6) is 0 Å². The predicted molar refractivity (Wildman–Crippen MR) is 144 cm³/mol. The fourth-order valence-corrected chi connectivity index (χ4v) is 5.18. The van der Waals surface area contributed by atoms with Crippen LogP contribution in [0.15, 0.2) is 48.5 Å². The Morgan fingerprint density at radius 3 is 2.73 bits per heavy atom. The monoisotopic (exact) mass is 497 g/mol. The number of aryl methyl sites for hydroxylation is 1. The minimum atomic E-state index is -0.300. The molecule has 0 spiro atoms. The highest BCUT2D eigenvalue weighted by molar-refractivity contribution is 6.35. The van der Waals surface area contributed by atoms with Crippen LogP contribution >= 0.6 is 0 Å². The van der Waals surface area contributed by atoms with Crippen LogP contribution in [0, 0.1) is 0 Å². The van der Waals surface area contributed by atoms with Crippen LogP contribution in [0.25, 0.3) is 11.6 Å². The number of fused-ring (bicyclic) bond motifs is 2. The summed E-state index contributed by atoms with van der Waals surface area (Å²) >= 11 is 0. The summed E-state index contributed by atoms with van der Waals surface area (Å²) in [4.78, 5) is 41.3. The highest BCUT2D eigenvalue weighted by Crippen LogP contribution is 2.37. The third-order valence-electron chi connectivity index (χ3n) is 6.98. The maximum absolute atomic E-state index is 13.0. The summed E-state index contributed by atoms with van der Waals surface area (Å²) in [5.41, 5.74) is 7.18. The molecule has 0 bridgehead atoms. The third-order valence-corrected chi connectivity index (χ3v) is 6.98. The fraction of sp³-hybridized carbons (Fsp3) is 0.300. The molecule has 1 aliphatic heterocycles. The van der Waals surface area contributed by atoms with Crippen molar-refractivity contribution in [2.24, 2.45) is 0 Å². The van der Waals surface area contributed by atoms with Gasteiger partial charge in [0.25, 0.3) is 5.91 Å². The molecule has 0 saturated heterocycles. The number of H-pyrrole nitrogens is 1. The molecule has 1 unspecified atom stereocenters. The Bertz CT molecular complexity index is 1390. The number of rotatable bonds is 8. The van der Waals surface area contributed by atoms with Gasteiger partial charge >= 0.3 is 5.97 Å². The Kier molecular flexibility index (Phi) is 6.95. The lowest BCUT2D eigenvalue weighted by atomic mass is 9.91. The van der Waals surface area contributed by atoms with Crippen LogP contribution in [0.4, 0.5) is 11.4 Å². The molecule has 2 aliphatic rings. The van der Waals surface area contributed by atoms with Gasteiger partial charge in [-0.05, 0) is 68.5 Å². The van der Waals surface area contributed by atoms with E-state index in [2.05, 4.69) is 34.7 Å². The second-order valence-electron chi connectivity index (χ2n) is 9.50. The molecular weight excluding hydrogens is 466 g/mol. The van der Waals surface area contributed by atoms with E-state index in [1.807, 2.05) is 42.5 Å². The van der Waals surface area contributed by atoms with Gasteiger partial charge in [0, 0.05) is 52.8 Å². The normalized spacial score (nSPS) is 16.2. The van der Waals surface area contributed by atoms with E-state index in [1.165, 1.54) is 5.56 Å². The van der Waals surface area contributed by atoms with E-state index < -0.39 is 0 Å². The van der Waals surface area contributed by atoms with E-state index in [4.69, 9.17) is 4.74 Å². The zero-order chi connectivity index (χ0) is 25.9. The van der Waals surface area contributed by atoms with Crippen molar-refractivity contribution in [1.82, 2.24) is 4.98 Å². The van der Waals surface area contributed by atoms with E-state index in [1.54, 1.807) is 6.92 Å². The van der Waals surface area contributed by atoms with Crippen molar-refractivity contribution in [3.8, 4) is 0 Å². The summed E-state index contributed by atoms with van der Waals surface area (Å²) in [6.07, 6.45) is 4.42. The molecule has 7 heteroatoms. The first kappa shape index (κ1) is 24.6. The lowest BCUT2D eigenvalue weighted by molar-refractivity contribution is -0.143. The van der Waals surface area contributed by atoms with Crippen molar-refractivity contribution in [3.63, 3.8) is 0 Å². The maximum atomic E-state index is 13.0. The molecule has 2 aromatic carbocycles. The average Bonchev–Trinajstić information content (AvgIpc) is 3.41. The van der Waals surface area contributed by atoms with E-state index in [0.717, 1.165) is 41.0 Å². The Morgan fingerprint density at radius 1 is 1.14 bits per heavy atom. The van der Waals surface area contributed by atoms with Gasteiger partial charge in [-0.2, -0.15) is 0 Å². The fourth-order valence-electron chi connectivity index (χ4n) is 5.18. The van der Waals surface area contributed by atoms with Crippen molar-refractivity contribution in [2.45, 2.75) is 52.0 Å². The highest BCUT2D eigenvalue weighted by atomic mass is 16.5. The highest BCUT2D eigenvalue weighted by Gasteiger charge is 2.29. The zero-order valence-corrected chi connectivity index (χ0v) is 21.1. The Labute approximate surface area is 216 Å². The van der Waals surface area contributed by atoms with Gasteiger partial charge in [-0.1, -0.05) is 30.3 Å². The third kappa shape index (κ3) is 5.07. The molecule has 2 heterocycles. The van der Waals surface area contributed by atoms with Gasteiger partial charge in [0.15, 0.2) is 5.78 Å². The van der Waals surface area contributed by atoms with Crippen molar-refractivity contribution < 1.29 is 19.1 Å². The molecule has 190 valence electrons. The maximum Gasteiger partial charge on any atom is 0.306 e. The number of aromatic amines is 1. The van der Waals surface area contributed by atoms with Gasteiger partial charge in [0.05, 0.1) is 12.2 Å². The predicted octanol–water partition coefficient (Wildman–Crippen LogP) is 5.70. The number of carbonyl (C=O) groups is 3. The van der Waals surface area contributed by atoms with Gasteiger partial charge in [0.1, 0.15) is 0 Å². The number of ether oxygens (including phenoxy) is 1. The number of anilines is 2. The van der Waals surface area contributed by atoms with E-state index in [9.17, 15) is 14.4 Å². The number of amides is 1. The molecule has 1 aromatic heterocycles. The lowest BCUT2D eigenvalue weighted by Crippen LogP contribution is -2.12. The number of hydrogen-bond acceptors (Lipinski definition) is 5. The van der Waals surface area contributed by atoms with Crippen LogP contribution in [-0.2, 0) is 27.2 Å². The van der Waals surface area contributed by atoms with Crippen LogP contribution in [0.3, 0.4) is 0 Å². The number of benzene rings is 2. The second-order valence-corrected chi connectivity index (χ2v) is 9.50. The van der Waals surface area contributed by atoms with Gasteiger partial charge in [-0.25, -0.2) is 0 Å². The summed E-state index contributed by atoms with van der Waals surface area (Å²) in [7, 11) is 0. The number of Topliss-reactive ketones (excluding diaryl/α,β-unsaturated/α-hetero) is 1. The first-order chi connectivity index (χ1) is 17.9. The van der Waals surface area contributed by atoms with Gasteiger partial charge < -0.3 is 20.4 Å². The number of ketones is 1. The van der Waals surface area contributed by atoms with Crippen molar-refractivity contribution in [1.29, 1.82) is 0 Å². The van der Waals surface area contributed by atoms with Gasteiger partial charge in [-0.15, -0.1) is 0 Å². The number of carbonyl (C=O) groups excluding carboxylic acids is 3. The Hall–Kier alpha value is -4.13. The molecule has 5 rings (SSSR count). The van der Waals surface area contributed by atoms with Crippen LogP contribution in [0.1, 0.15) is 77.6 Å². The molecule has 37 heavy (non-hydrogen) atoms. The molecule has 3 N–H and O–H groups in total. The molecule has 0 radical (unpaired) electrons. The van der Waals surface area contributed by atoms with Crippen LogP contribution < -0.4 is 10.6 Å². The second kappa shape index (κ2) is 10.5. The Morgan fingerprint density at radius 2 is 1.95 bits per heavy atom. The topological polar surface area (TPSA) is 100 Å². The van der Waals surface area contributed by atoms with E-state index in [0.29, 0.717) is 36.3 Å². The summed E-state index contributed by atoms with van der Waals surface area (Å²) in [6, 6.07) is 16.1. The summed E-state index contributed by atoms with van der Waals surface area (Å²) in [6.45, 7) is 4.18. The summed E-state index contributed by atoms with van der Waals surface area (Å²) in [5.74, 6) is -0.413. The molecule has 0 saturated carbocycles. The quantitative estimate of drug-likeness (QED) is 0.274. The molecular formula is C30H31N3O4. The average molecular weight is 498 g/mol. The lowest BCUT2D eigenvalue weighted by Gasteiger charge is -2.16. The van der Waals surface area contributed by atoms with E-state index in [-0.39, 0.29) is 30.1 Å². The molecule has 1 atom stereocenters. The van der Waals surface area contributed by atoms with Crippen LogP contribution in [0.2, 0.25) is 0 Å². The SMILES string of the molecule is CCOC(=O)CCc1c(C=C2C(=O)Nc3ccc(NC(C)c4ccccc4)cc32)[nH]c2c1C(=O)CCC2. The molecule has 1 amide bonds. The number of hydrogen-bond donors (Lipinski definition) is 3. The first-order valence-corrected chi connectivity index (χ1v) is 12.9. The van der Waals surface area contributed by atoms with Crippen molar-refractivity contribution in [3.05, 3.63) is 82.2 Å². The van der Waals surface area contributed by atoms with Gasteiger partial charge in [0.2, 0.25) is 0 Å². The zero-order valence-electron chi connectivity index (χ0n) is 21.1. The summed E-state index contributed by atoms with van der Waals surface area (Å²) < 4.78 is 5.10. The van der Waals surface area contributed by atoms with Crippen molar-refractivity contribution in [2.75, 3.05) is 17.2 Å². The Balaban J connectivity index is 1.49. The standard InChI is InChI=1S/C30H31N3O4/c1-3-37-28(35)15-13-21-26(32-25-10-7-11-27(34)29(21)25)17-23-22-16-20(12-14-24(22)33-30(23)36)31-18(2)19-8-5-4-6-9-19/h4-6,8-9,12,14,16-18,31-32H,3,7,10-11,13,15H2,1-2H3,(H,33,36). The first-order valence-electron chi connectivity index (χ1n) is 12.9. The smallest absolute Gasteiger partial charge is 0.306 e. The minimum Gasteiger partial charge on any atom is -0.466 e. The number of esters is 1. The summed E-state index contributed by atoms with van der Waals surface area (Å²) in [5, 5.41) is 6.47. The van der Waals surface area contributed by atoms with E-state index >= 15 is 0 Å². The minimum absolute atomic E-state index is 0.0821. The number of nitrogens with one attached hydrogen (secondary N) is 3. The van der Waals surface area contributed by atoms with Crippen LogP contribution in [-0.4, -0.2) is 29.3 Å².